The molecule has 1 unspecified atom stereocenters. The molecule has 1 atom stereocenters. The summed E-state index contributed by atoms with van der Waals surface area (Å²) >= 11 is 0. The molecule has 0 aromatic rings. The molecule has 9 nitrogen and oxygen atoms in total. The van der Waals surface area contributed by atoms with E-state index in [1.807, 2.05) is 13.8 Å². The van der Waals surface area contributed by atoms with Gasteiger partial charge < -0.3 is 20.5 Å². The van der Waals surface area contributed by atoms with Crippen LogP contribution in [-0.4, -0.2) is 66.2 Å². The zero-order valence-corrected chi connectivity index (χ0v) is 14.4. The summed E-state index contributed by atoms with van der Waals surface area (Å²) in [5.41, 5.74) is 0. The number of carboxylic acid groups (broad SMARTS) is 1. The average Bonchev–Trinajstić information content (AvgIpc) is 2.90. The Bertz CT molecular complexity index is 458. The minimum Gasteiger partial charge on any atom is -0.480 e. The molecule has 0 spiro atoms. The monoisotopic (exact) mass is 343 g/mol. The smallest absolute Gasteiger partial charge is 0.320 e. The number of nitrogens with zero attached hydrogens (tertiary/aromatic N) is 1. The molecule has 3 amide bonds. The molecule has 1 aliphatic heterocycles. The molecule has 0 bridgehead atoms. The van der Waals surface area contributed by atoms with Gasteiger partial charge in [-0.25, -0.2) is 0 Å². The molecule has 136 valence electrons. The van der Waals surface area contributed by atoms with Gasteiger partial charge in [0.2, 0.25) is 5.91 Å². The highest BCUT2D eigenvalue weighted by Gasteiger charge is 2.23. The van der Waals surface area contributed by atoms with E-state index in [1.165, 1.54) is 0 Å². The van der Waals surface area contributed by atoms with Gasteiger partial charge in [-0.3, -0.25) is 24.1 Å². The quantitative estimate of drug-likeness (QED) is 0.412. The molecule has 9 heteroatoms. The molecular formula is C15H25N3O6. The summed E-state index contributed by atoms with van der Waals surface area (Å²) in [6.07, 6.45) is 2.88. The molecule has 0 aliphatic carbocycles. The predicted molar refractivity (Wildman–Crippen MR) is 87.1 cm³/mol. The van der Waals surface area contributed by atoms with Crippen molar-refractivity contribution in [1.82, 2.24) is 15.5 Å². The van der Waals surface area contributed by atoms with Gasteiger partial charge in [0.05, 0.1) is 6.54 Å². The number of aliphatic carboxylic acids is 1. The minimum absolute atomic E-state index is 0.00694. The van der Waals surface area contributed by atoms with E-state index in [-0.39, 0.29) is 25.4 Å². The maximum Gasteiger partial charge on any atom is 0.320 e. The lowest BCUT2D eigenvalue weighted by Crippen LogP contribution is -2.35. The number of likely N-dealkylation sites (N-methyl/N-ethyl adjacent to an activating group) is 1. The average molecular weight is 343 g/mol. The van der Waals surface area contributed by atoms with Gasteiger partial charge in [-0.2, -0.15) is 0 Å². The van der Waals surface area contributed by atoms with Crippen molar-refractivity contribution in [2.24, 2.45) is 0 Å². The van der Waals surface area contributed by atoms with Crippen LogP contribution < -0.4 is 10.6 Å². The summed E-state index contributed by atoms with van der Waals surface area (Å²) in [5.74, 6) is -2.01. The van der Waals surface area contributed by atoms with Gasteiger partial charge in [0.1, 0.15) is 12.3 Å². The molecule has 1 heterocycles. The lowest BCUT2D eigenvalue weighted by molar-refractivity contribution is -0.139. The molecule has 0 saturated heterocycles. The molecule has 0 aromatic carbocycles. The molecule has 0 fully saturated rings. The van der Waals surface area contributed by atoms with Crippen LogP contribution in [0.1, 0.15) is 27.2 Å². The molecule has 0 radical (unpaired) electrons. The van der Waals surface area contributed by atoms with Crippen LogP contribution in [0.4, 0.5) is 0 Å². The molecular weight excluding hydrogens is 318 g/mol. The maximum absolute atomic E-state index is 11.0. The van der Waals surface area contributed by atoms with Crippen molar-refractivity contribution in [3.05, 3.63) is 12.2 Å². The number of carbonyl (C=O) groups excluding carboxylic acids is 4. The third-order valence-corrected chi connectivity index (χ3v) is 2.65. The fourth-order valence-electron chi connectivity index (χ4n) is 1.23. The van der Waals surface area contributed by atoms with E-state index in [4.69, 9.17) is 5.11 Å². The molecule has 0 saturated carbocycles. The van der Waals surface area contributed by atoms with E-state index in [9.17, 15) is 24.0 Å². The van der Waals surface area contributed by atoms with Crippen LogP contribution in [0.5, 0.6) is 0 Å². The first-order valence-corrected chi connectivity index (χ1v) is 7.47. The van der Waals surface area contributed by atoms with Crippen LogP contribution in [0.2, 0.25) is 0 Å². The zero-order valence-electron chi connectivity index (χ0n) is 14.4. The van der Waals surface area contributed by atoms with Crippen LogP contribution in [0.3, 0.4) is 0 Å². The number of hydrogen-bond acceptors (Lipinski definition) is 6. The zero-order chi connectivity index (χ0) is 19.1. The number of hydrogen-bond donors (Lipinski definition) is 3. The Morgan fingerprint density at radius 3 is 2.08 bits per heavy atom. The number of imide groups is 1. The molecule has 1 rings (SSSR count). The first-order valence-electron chi connectivity index (χ1n) is 7.47. The summed E-state index contributed by atoms with van der Waals surface area (Å²) in [7, 11) is 1.61. The molecule has 1 aliphatic rings. The second kappa shape index (κ2) is 14.1. The van der Waals surface area contributed by atoms with Crippen LogP contribution in [0.25, 0.3) is 0 Å². The van der Waals surface area contributed by atoms with Crippen molar-refractivity contribution < 1.29 is 29.1 Å². The van der Waals surface area contributed by atoms with Gasteiger partial charge >= 0.3 is 5.97 Å². The largest absolute Gasteiger partial charge is 0.480 e. The van der Waals surface area contributed by atoms with Crippen LogP contribution in [0.15, 0.2) is 12.2 Å². The third kappa shape index (κ3) is 10.2. The number of rotatable bonds is 7. The maximum atomic E-state index is 11.0. The predicted octanol–water partition coefficient (Wildman–Crippen LogP) is -0.678. The summed E-state index contributed by atoms with van der Waals surface area (Å²) in [6.45, 7) is 5.57. The second-order valence-corrected chi connectivity index (χ2v) is 4.23. The Hall–Kier alpha value is -2.55. The summed E-state index contributed by atoms with van der Waals surface area (Å²) in [4.78, 5) is 53.9. The van der Waals surface area contributed by atoms with Crippen LogP contribution in [-0.2, 0) is 24.0 Å². The highest BCUT2D eigenvalue weighted by molar-refractivity contribution is 6.13. The molecule has 24 heavy (non-hydrogen) atoms. The number of aldehydes is 1. The SMILES string of the molecule is CC.CNC(C)C(=O)O.O=CCNC(=O)CCN1C(=O)C=CC1=O. The Balaban J connectivity index is 0. The van der Waals surface area contributed by atoms with Crippen molar-refractivity contribution in [3.8, 4) is 0 Å². The van der Waals surface area contributed by atoms with Gasteiger partial charge in [-0.05, 0) is 14.0 Å². The first-order chi connectivity index (χ1) is 11.3. The van der Waals surface area contributed by atoms with E-state index >= 15 is 0 Å². The van der Waals surface area contributed by atoms with E-state index in [0.29, 0.717) is 6.29 Å². The molecule has 3 N–H and O–H groups in total. The van der Waals surface area contributed by atoms with Gasteiger partial charge in [0.25, 0.3) is 11.8 Å². The van der Waals surface area contributed by atoms with Crippen LogP contribution >= 0.6 is 0 Å². The fraction of sp³-hybridized carbons (Fsp3) is 0.533. The Labute approximate surface area is 141 Å². The van der Waals surface area contributed by atoms with Crippen molar-refractivity contribution >= 4 is 30.0 Å². The van der Waals surface area contributed by atoms with Crippen LogP contribution in [0, 0.1) is 0 Å². The van der Waals surface area contributed by atoms with E-state index in [2.05, 4.69) is 10.6 Å². The normalized spacial score (nSPS) is 13.2. The van der Waals surface area contributed by atoms with Crippen molar-refractivity contribution in [3.63, 3.8) is 0 Å². The fourth-order valence-corrected chi connectivity index (χ4v) is 1.23. The van der Waals surface area contributed by atoms with E-state index < -0.39 is 23.8 Å². The first kappa shape index (κ1) is 23.7. The Morgan fingerprint density at radius 1 is 1.25 bits per heavy atom. The van der Waals surface area contributed by atoms with Gasteiger partial charge in [-0.15, -0.1) is 0 Å². The second-order valence-electron chi connectivity index (χ2n) is 4.23. The number of carboxylic acids is 1. The topological polar surface area (TPSA) is 133 Å². The van der Waals surface area contributed by atoms with Crippen molar-refractivity contribution in [1.29, 1.82) is 0 Å². The highest BCUT2D eigenvalue weighted by Crippen LogP contribution is 2.03. The highest BCUT2D eigenvalue weighted by atomic mass is 16.4. The number of nitrogens with one attached hydrogen (secondary N) is 2. The van der Waals surface area contributed by atoms with Gasteiger partial charge in [0.15, 0.2) is 0 Å². The standard InChI is InChI=1S/C9H10N2O4.C4H9NO2.C2H6/c12-6-4-10-7(13)3-5-11-8(14)1-2-9(11)15;1-3(5-2)4(6)7;1-2/h1-2,6H,3-5H2,(H,10,13);3,5H,1-2H3,(H,6,7);1-2H3. The minimum atomic E-state index is -0.817. The lowest BCUT2D eigenvalue weighted by Gasteiger charge is -2.12. The summed E-state index contributed by atoms with van der Waals surface area (Å²) < 4.78 is 0. The summed E-state index contributed by atoms with van der Waals surface area (Å²) in [5, 5.41) is 13.0. The van der Waals surface area contributed by atoms with Gasteiger partial charge in [-0.1, -0.05) is 13.8 Å². The van der Waals surface area contributed by atoms with E-state index in [0.717, 1.165) is 17.1 Å². The third-order valence-electron chi connectivity index (χ3n) is 2.65. The summed E-state index contributed by atoms with van der Waals surface area (Å²) in [6, 6.07) is -0.431. The number of amides is 3. The Morgan fingerprint density at radius 2 is 1.75 bits per heavy atom. The molecule has 0 aromatic heterocycles. The van der Waals surface area contributed by atoms with E-state index in [1.54, 1.807) is 14.0 Å². The van der Waals surface area contributed by atoms with Crippen molar-refractivity contribution in [2.45, 2.75) is 33.2 Å². The van der Waals surface area contributed by atoms with Crippen molar-refractivity contribution in [2.75, 3.05) is 20.1 Å². The number of carbonyl (C=O) groups is 5. The Kier molecular flexibility index (Phi) is 13.9. The lowest BCUT2D eigenvalue weighted by atomic mass is 10.3. The van der Waals surface area contributed by atoms with Gasteiger partial charge in [0, 0.05) is 25.1 Å².